The first-order chi connectivity index (χ1) is 12.0. The Morgan fingerprint density at radius 3 is 2.56 bits per heavy atom. The molecule has 0 fully saturated rings. The first kappa shape index (κ1) is 17.6. The quantitative estimate of drug-likeness (QED) is 0.449. The minimum absolute atomic E-state index is 0.278. The second-order valence-corrected chi connectivity index (χ2v) is 4.83. The van der Waals surface area contributed by atoms with Crippen molar-refractivity contribution in [2.75, 3.05) is 6.54 Å². The maximum absolute atomic E-state index is 11.8. The monoisotopic (exact) mass is 341 g/mol. The fraction of sp³-hybridized carbons (Fsp3) is 0.0625. The molecule has 0 saturated carbocycles. The number of carbonyl (C=O) groups excluding carboxylic acids is 2. The van der Waals surface area contributed by atoms with Crippen LogP contribution in [0.1, 0.15) is 15.9 Å². The molecule has 0 atom stereocenters. The van der Waals surface area contributed by atoms with Gasteiger partial charge in [0.05, 0.1) is 17.7 Å². The molecule has 2 aromatic carbocycles. The van der Waals surface area contributed by atoms with E-state index in [1.165, 1.54) is 6.07 Å². The molecule has 0 radical (unpaired) electrons. The summed E-state index contributed by atoms with van der Waals surface area (Å²) in [6, 6.07) is 11.8. The van der Waals surface area contributed by atoms with Gasteiger partial charge in [-0.2, -0.15) is 5.10 Å². The summed E-state index contributed by atoms with van der Waals surface area (Å²) in [7, 11) is 0. The van der Waals surface area contributed by atoms with E-state index in [-0.39, 0.29) is 12.1 Å². The fourth-order valence-electron chi connectivity index (χ4n) is 1.83. The summed E-state index contributed by atoms with van der Waals surface area (Å²) in [5.74, 6) is -1.69. The van der Waals surface area contributed by atoms with Crippen molar-refractivity contribution in [1.82, 2.24) is 10.7 Å². The molecule has 0 aliphatic heterocycles. The van der Waals surface area contributed by atoms with Gasteiger partial charge in [-0.25, -0.2) is 5.43 Å². The van der Waals surface area contributed by atoms with Gasteiger partial charge in [-0.3, -0.25) is 19.7 Å². The zero-order chi connectivity index (χ0) is 18.2. The van der Waals surface area contributed by atoms with Crippen molar-refractivity contribution in [3.8, 4) is 5.75 Å². The number of benzene rings is 2. The number of nitrogens with one attached hydrogen (secondary N) is 2. The molecule has 0 unspecified atom stereocenters. The zero-order valence-corrected chi connectivity index (χ0v) is 12.8. The molecule has 0 saturated heterocycles. The zero-order valence-electron chi connectivity index (χ0n) is 12.8. The predicted octanol–water partition coefficient (Wildman–Crippen LogP) is 0.548. The number of hydrogen-bond acceptors (Lipinski definition) is 6. The number of hydrogen-bond donors (Lipinski definition) is 2. The lowest BCUT2D eigenvalue weighted by atomic mass is 10.2. The summed E-state index contributed by atoms with van der Waals surface area (Å²) in [6.45, 7) is -0.287. The van der Waals surface area contributed by atoms with Gasteiger partial charge in [-0.1, -0.05) is 30.3 Å². The Morgan fingerprint density at radius 2 is 1.88 bits per heavy atom. The van der Waals surface area contributed by atoms with Crippen molar-refractivity contribution in [1.29, 1.82) is 0 Å². The van der Waals surface area contributed by atoms with Crippen molar-refractivity contribution in [2.24, 2.45) is 5.10 Å². The normalized spacial score (nSPS) is 10.4. The molecule has 0 bridgehead atoms. The van der Waals surface area contributed by atoms with E-state index in [9.17, 15) is 24.8 Å². The number of nitro benzene ring substituents is 1. The minimum Gasteiger partial charge on any atom is -0.868 e. The number of amides is 2. The van der Waals surface area contributed by atoms with Crippen LogP contribution in [-0.2, 0) is 4.79 Å². The molecule has 0 spiro atoms. The number of carbonyl (C=O) groups is 2. The highest BCUT2D eigenvalue weighted by Crippen LogP contribution is 2.22. The summed E-state index contributed by atoms with van der Waals surface area (Å²) in [5.41, 5.74) is 2.29. The van der Waals surface area contributed by atoms with Crippen LogP contribution in [0.3, 0.4) is 0 Å². The van der Waals surface area contributed by atoms with Crippen molar-refractivity contribution in [3.63, 3.8) is 0 Å². The highest BCUT2D eigenvalue weighted by Gasteiger charge is 2.08. The largest absolute Gasteiger partial charge is 0.868 e. The predicted molar refractivity (Wildman–Crippen MR) is 87.1 cm³/mol. The first-order valence-corrected chi connectivity index (χ1v) is 7.08. The van der Waals surface area contributed by atoms with E-state index < -0.39 is 28.2 Å². The first-order valence-electron chi connectivity index (χ1n) is 7.08. The molecule has 2 aromatic rings. The topological polar surface area (TPSA) is 137 Å². The van der Waals surface area contributed by atoms with Crippen LogP contribution in [-0.4, -0.2) is 29.5 Å². The maximum Gasteiger partial charge on any atom is 0.262 e. The lowest BCUT2D eigenvalue weighted by molar-refractivity contribution is -0.398. The van der Waals surface area contributed by atoms with Crippen LogP contribution in [0.4, 0.5) is 5.69 Å². The van der Waals surface area contributed by atoms with Gasteiger partial charge in [0.25, 0.3) is 17.5 Å². The molecule has 2 N–H and O–H groups in total. The molecule has 2 amide bonds. The van der Waals surface area contributed by atoms with Crippen LogP contribution in [0, 0.1) is 10.1 Å². The number of nitro groups is 1. The Kier molecular flexibility index (Phi) is 5.77. The molecule has 25 heavy (non-hydrogen) atoms. The standard InChI is InChI=1S/C16H14N4O5/c21-14-7-6-11(8-13(14)20(24)25)9-18-19-15(22)10-17-16(23)12-4-2-1-3-5-12/h1-9,21H,10H2,(H,17,23)(H,19,22)/p-1/b18-9-. The third-order valence-electron chi connectivity index (χ3n) is 3.03. The number of hydrazone groups is 1. The molecule has 0 aromatic heterocycles. The number of rotatable bonds is 6. The van der Waals surface area contributed by atoms with Gasteiger partial charge >= 0.3 is 0 Å². The summed E-state index contributed by atoms with van der Waals surface area (Å²) in [4.78, 5) is 33.2. The van der Waals surface area contributed by atoms with Crippen LogP contribution in [0.15, 0.2) is 53.6 Å². The van der Waals surface area contributed by atoms with E-state index in [0.29, 0.717) is 5.56 Å². The van der Waals surface area contributed by atoms with Gasteiger partial charge in [0.15, 0.2) is 0 Å². The molecular formula is C16H13N4O5-. The minimum atomic E-state index is -0.794. The highest BCUT2D eigenvalue weighted by molar-refractivity contribution is 5.96. The Morgan fingerprint density at radius 1 is 1.16 bits per heavy atom. The smallest absolute Gasteiger partial charge is 0.262 e. The lowest BCUT2D eigenvalue weighted by Crippen LogP contribution is -2.34. The SMILES string of the molecule is O=C(CNC(=O)c1ccccc1)N/N=C\c1ccc([O-])c([N+](=O)[O-])c1. The van der Waals surface area contributed by atoms with Crippen molar-refractivity contribution in [3.05, 3.63) is 69.8 Å². The van der Waals surface area contributed by atoms with E-state index in [0.717, 1.165) is 18.3 Å². The van der Waals surface area contributed by atoms with E-state index in [1.807, 2.05) is 0 Å². The van der Waals surface area contributed by atoms with Crippen molar-refractivity contribution >= 4 is 23.7 Å². The van der Waals surface area contributed by atoms with E-state index in [2.05, 4.69) is 15.8 Å². The van der Waals surface area contributed by atoms with Gasteiger partial charge in [0.2, 0.25) is 0 Å². The summed E-state index contributed by atoms with van der Waals surface area (Å²) in [6.07, 6.45) is 1.16. The molecule has 128 valence electrons. The molecule has 9 heteroatoms. The molecule has 0 aliphatic carbocycles. The van der Waals surface area contributed by atoms with Crippen LogP contribution >= 0.6 is 0 Å². The average molecular weight is 341 g/mol. The van der Waals surface area contributed by atoms with Crippen LogP contribution in [0.5, 0.6) is 5.75 Å². The Hall–Kier alpha value is -3.75. The van der Waals surface area contributed by atoms with Gasteiger partial charge in [-0.15, -0.1) is 0 Å². The Bertz CT molecular complexity index is 821. The molecule has 0 heterocycles. The Balaban J connectivity index is 1.85. The summed E-state index contributed by atoms with van der Waals surface area (Å²) >= 11 is 0. The highest BCUT2D eigenvalue weighted by atomic mass is 16.6. The molecule has 9 nitrogen and oxygen atoms in total. The van der Waals surface area contributed by atoms with Gasteiger partial charge in [-0.05, 0) is 17.9 Å². The molecular weight excluding hydrogens is 328 g/mol. The van der Waals surface area contributed by atoms with E-state index >= 15 is 0 Å². The Labute approximate surface area is 142 Å². The van der Waals surface area contributed by atoms with Crippen LogP contribution in [0.2, 0.25) is 0 Å². The molecule has 2 rings (SSSR count). The van der Waals surface area contributed by atoms with Gasteiger partial charge < -0.3 is 10.4 Å². The van der Waals surface area contributed by atoms with Crippen molar-refractivity contribution in [2.45, 2.75) is 0 Å². The third-order valence-corrected chi connectivity index (χ3v) is 3.03. The fourth-order valence-corrected chi connectivity index (χ4v) is 1.83. The average Bonchev–Trinajstić information content (AvgIpc) is 2.61. The van der Waals surface area contributed by atoms with Crippen LogP contribution < -0.4 is 15.8 Å². The van der Waals surface area contributed by atoms with Crippen LogP contribution in [0.25, 0.3) is 0 Å². The summed E-state index contributed by atoms with van der Waals surface area (Å²) in [5, 5.41) is 28.0. The third kappa shape index (κ3) is 5.13. The van der Waals surface area contributed by atoms with Gasteiger partial charge in [0.1, 0.15) is 0 Å². The second-order valence-electron chi connectivity index (χ2n) is 4.83. The number of nitrogens with zero attached hydrogens (tertiary/aromatic N) is 2. The lowest BCUT2D eigenvalue weighted by Gasteiger charge is -2.06. The summed E-state index contributed by atoms with van der Waals surface area (Å²) < 4.78 is 0. The molecule has 0 aliphatic rings. The van der Waals surface area contributed by atoms with Crippen molar-refractivity contribution < 1.29 is 19.6 Å². The van der Waals surface area contributed by atoms with E-state index in [1.54, 1.807) is 30.3 Å². The maximum atomic E-state index is 11.8. The van der Waals surface area contributed by atoms with E-state index in [4.69, 9.17) is 0 Å². The van der Waals surface area contributed by atoms with Gasteiger partial charge in [0, 0.05) is 17.2 Å². The second kappa shape index (κ2) is 8.20.